The lowest BCUT2D eigenvalue weighted by Gasteiger charge is -2.32. The normalized spacial score (nSPS) is 14.9. The Bertz CT molecular complexity index is 1440. The van der Waals surface area contributed by atoms with Gasteiger partial charge in [0.05, 0.1) is 31.2 Å². The van der Waals surface area contributed by atoms with E-state index in [1.165, 1.54) is 25.0 Å². The van der Waals surface area contributed by atoms with E-state index in [9.17, 15) is 22.8 Å². The molecular formula is C26H32F3N7O4. The predicted octanol–water partition coefficient (Wildman–Crippen LogP) is 3.00. The largest absolute Gasteiger partial charge is 0.495 e. The van der Waals surface area contributed by atoms with Crippen molar-refractivity contribution in [2.24, 2.45) is 5.73 Å². The number of rotatable bonds is 10. The molecule has 0 bridgehead atoms. The topological polar surface area (TPSA) is 151 Å². The standard InChI is InChI=1S/C26H32F3N7O4/c1-39-12-11-36-22(30)20(23(31)38)21(37)17-14-32-25(34-24(17)36)33-18-4-3-16(13-19(18)40-2)15-5-8-35(9-6-15)10-7-26(27,28)29/h3-4,13-15H,5-12,30H2,1-2H3,(H2,31,38)(H,32,33,34). The number of halogens is 3. The van der Waals surface area contributed by atoms with Gasteiger partial charge in [-0.1, -0.05) is 6.07 Å². The van der Waals surface area contributed by atoms with E-state index in [4.69, 9.17) is 20.9 Å². The minimum absolute atomic E-state index is 0.0168. The first-order valence-corrected chi connectivity index (χ1v) is 12.7. The third-order valence-corrected chi connectivity index (χ3v) is 7.05. The van der Waals surface area contributed by atoms with E-state index in [1.54, 1.807) is 0 Å². The fourth-order valence-corrected chi connectivity index (χ4v) is 4.91. The van der Waals surface area contributed by atoms with Crippen molar-refractivity contribution in [2.45, 2.75) is 37.9 Å². The number of ether oxygens (including phenoxy) is 2. The number of carbonyl (C=O) groups excluding carboxylic acids is 1. The summed E-state index contributed by atoms with van der Waals surface area (Å²) in [6.45, 7) is 1.66. The van der Waals surface area contributed by atoms with Crippen LogP contribution < -0.4 is 26.9 Å². The maximum absolute atomic E-state index is 12.9. The second-order valence-electron chi connectivity index (χ2n) is 9.59. The van der Waals surface area contributed by atoms with Gasteiger partial charge in [0.25, 0.3) is 5.91 Å². The Morgan fingerprint density at radius 2 is 1.93 bits per heavy atom. The number of hydrogen-bond acceptors (Lipinski definition) is 9. The number of piperidine rings is 1. The van der Waals surface area contributed by atoms with Crippen molar-refractivity contribution in [3.8, 4) is 5.75 Å². The number of amides is 1. The Morgan fingerprint density at radius 3 is 2.55 bits per heavy atom. The van der Waals surface area contributed by atoms with E-state index in [-0.39, 0.29) is 54.0 Å². The number of methoxy groups -OCH3 is 2. The van der Waals surface area contributed by atoms with Gasteiger partial charge in [0.1, 0.15) is 17.1 Å². The van der Waals surface area contributed by atoms with Crippen LogP contribution in [0.3, 0.4) is 0 Å². The molecule has 40 heavy (non-hydrogen) atoms. The molecule has 0 spiro atoms. The number of benzene rings is 1. The van der Waals surface area contributed by atoms with Gasteiger partial charge in [0.2, 0.25) is 11.4 Å². The average molecular weight is 564 g/mol. The van der Waals surface area contributed by atoms with Crippen LogP contribution in [0.15, 0.2) is 29.2 Å². The fraction of sp³-hybridized carbons (Fsp3) is 0.462. The molecule has 0 saturated carbocycles. The van der Waals surface area contributed by atoms with Crippen molar-refractivity contribution in [3.63, 3.8) is 0 Å². The molecular weight excluding hydrogens is 531 g/mol. The number of nitrogens with zero attached hydrogens (tertiary/aromatic N) is 4. The smallest absolute Gasteiger partial charge is 0.390 e. The highest BCUT2D eigenvalue weighted by Gasteiger charge is 2.29. The highest BCUT2D eigenvalue weighted by atomic mass is 19.4. The summed E-state index contributed by atoms with van der Waals surface area (Å²) < 4.78 is 49.9. The molecule has 1 saturated heterocycles. The van der Waals surface area contributed by atoms with E-state index in [0.717, 1.165) is 18.4 Å². The summed E-state index contributed by atoms with van der Waals surface area (Å²) in [5.41, 5.74) is 12.3. The number of anilines is 3. The summed E-state index contributed by atoms with van der Waals surface area (Å²) in [6.07, 6.45) is -2.16. The highest BCUT2D eigenvalue weighted by Crippen LogP contribution is 2.35. The van der Waals surface area contributed by atoms with Gasteiger partial charge in [0, 0.05) is 26.4 Å². The van der Waals surface area contributed by atoms with E-state index < -0.39 is 23.9 Å². The van der Waals surface area contributed by atoms with E-state index in [0.29, 0.717) is 24.5 Å². The van der Waals surface area contributed by atoms with Gasteiger partial charge in [-0.2, -0.15) is 18.2 Å². The van der Waals surface area contributed by atoms with Gasteiger partial charge in [0.15, 0.2) is 5.65 Å². The molecule has 1 aromatic carbocycles. The highest BCUT2D eigenvalue weighted by molar-refractivity contribution is 6.00. The van der Waals surface area contributed by atoms with Crippen molar-refractivity contribution in [1.82, 2.24) is 19.4 Å². The van der Waals surface area contributed by atoms with Crippen LogP contribution >= 0.6 is 0 Å². The maximum Gasteiger partial charge on any atom is 0.390 e. The van der Waals surface area contributed by atoms with Gasteiger partial charge in [-0.15, -0.1) is 0 Å². The molecule has 0 radical (unpaired) electrons. The molecule has 14 heteroatoms. The molecule has 1 aliphatic heterocycles. The molecule has 5 N–H and O–H groups in total. The lowest BCUT2D eigenvalue weighted by Crippen LogP contribution is -2.35. The quantitative estimate of drug-likeness (QED) is 0.338. The van der Waals surface area contributed by atoms with Crippen LogP contribution in [0.2, 0.25) is 0 Å². The Labute approximate surface area is 228 Å². The molecule has 216 valence electrons. The number of hydrogen-bond donors (Lipinski definition) is 3. The number of likely N-dealkylation sites (tertiary alicyclic amines) is 1. The molecule has 1 aliphatic rings. The molecule has 0 unspecified atom stereocenters. The zero-order valence-electron chi connectivity index (χ0n) is 22.3. The Balaban J connectivity index is 1.56. The van der Waals surface area contributed by atoms with Crippen LogP contribution in [0.4, 0.5) is 30.6 Å². The maximum atomic E-state index is 12.9. The first kappa shape index (κ1) is 29.1. The summed E-state index contributed by atoms with van der Waals surface area (Å²) >= 11 is 0. The zero-order chi connectivity index (χ0) is 29.0. The summed E-state index contributed by atoms with van der Waals surface area (Å²) in [5, 5.41) is 3.18. The third kappa shape index (κ3) is 6.45. The summed E-state index contributed by atoms with van der Waals surface area (Å²) in [6, 6.07) is 5.65. The number of fused-ring (bicyclic) bond motifs is 1. The number of aromatic nitrogens is 3. The lowest BCUT2D eigenvalue weighted by molar-refractivity contribution is -0.138. The second kappa shape index (κ2) is 12.1. The van der Waals surface area contributed by atoms with Gasteiger partial charge in [-0.05, 0) is 49.5 Å². The summed E-state index contributed by atoms with van der Waals surface area (Å²) in [4.78, 5) is 35.4. The molecule has 11 nitrogen and oxygen atoms in total. The van der Waals surface area contributed by atoms with Gasteiger partial charge < -0.3 is 35.7 Å². The van der Waals surface area contributed by atoms with Gasteiger partial charge in [-0.3, -0.25) is 9.59 Å². The van der Waals surface area contributed by atoms with Crippen molar-refractivity contribution >= 4 is 34.4 Å². The number of carbonyl (C=O) groups is 1. The van der Waals surface area contributed by atoms with Gasteiger partial charge in [-0.25, -0.2) is 4.98 Å². The van der Waals surface area contributed by atoms with Crippen molar-refractivity contribution in [3.05, 3.63) is 45.7 Å². The molecule has 2 aromatic heterocycles. The Morgan fingerprint density at radius 1 is 1.20 bits per heavy atom. The first-order valence-electron chi connectivity index (χ1n) is 12.7. The summed E-state index contributed by atoms with van der Waals surface area (Å²) in [5.74, 6) is -0.179. The molecule has 1 fully saturated rings. The monoisotopic (exact) mass is 563 g/mol. The molecule has 3 aromatic rings. The molecule has 0 atom stereocenters. The average Bonchev–Trinajstić information content (AvgIpc) is 2.92. The van der Waals surface area contributed by atoms with Crippen LogP contribution in [0.1, 0.15) is 41.1 Å². The predicted molar refractivity (Wildman–Crippen MR) is 144 cm³/mol. The molecule has 1 amide bonds. The number of alkyl halides is 3. The van der Waals surface area contributed by atoms with Crippen LogP contribution in [0.5, 0.6) is 5.75 Å². The Kier molecular flexibility index (Phi) is 8.79. The van der Waals surface area contributed by atoms with E-state index in [1.807, 2.05) is 23.1 Å². The van der Waals surface area contributed by atoms with E-state index >= 15 is 0 Å². The fourth-order valence-electron chi connectivity index (χ4n) is 4.91. The SMILES string of the molecule is COCCn1c(N)c(C(N)=O)c(=O)c2cnc(Nc3ccc(C4CCN(CCC(F)(F)F)CC4)cc3OC)nc21. The van der Waals surface area contributed by atoms with Crippen molar-refractivity contribution in [1.29, 1.82) is 0 Å². The van der Waals surface area contributed by atoms with Crippen LogP contribution in [0, 0.1) is 0 Å². The number of primary amides is 1. The lowest BCUT2D eigenvalue weighted by atomic mass is 9.89. The molecule has 3 heterocycles. The van der Waals surface area contributed by atoms with E-state index in [2.05, 4.69) is 15.3 Å². The number of pyridine rings is 1. The number of nitrogens with one attached hydrogen (secondary N) is 1. The minimum Gasteiger partial charge on any atom is -0.495 e. The third-order valence-electron chi connectivity index (χ3n) is 7.05. The first-order chi connectivity index (χ1) is 19.0. The van der Waals surface area contributed by atoms with Crippen LogP contribution in [-0.2, 0) is 11.3 Å². The molecule has 4 rings (SSSR count). The van der Waals surface area contributed by atoms with Crippen LogP contribution in [-0.4, -0.2) is 72.0 Å². The zero-order valence-corrected chi connectivity index (χ0v) is 22.3. The summed E-state index contributed by atoms with van der Waals surface area (Å²) in [7, 11) is 3.03. The van der Waals surface area contributed by atoms with Crippen molar-refractivity contribution in [2.75, 3.05) is 51.5 Å². The van der Waals surface area contributed by atoms with Crippen molar-refractivity contribution < 1.29 is 27.4 Å². The molecule has 0 aliphatic carbocycles. The Hall–Kier alpha value is -3.91. The van der Waals surface area contributed by atoms with Gasteiger partial charge >= 0.3 is 6.18 Å². The number of nitrogen functional groups attached to an aromatic ring is 1. The minimum atomic E-state index is -4.15. The number of nitrogens with two attached hydrogens (primary N) is 2. The van der Waals surface area contributed by atoms with Crippen LogP contribution in [0.25, 0.3) is 11.0 Å². The second-order valence-corrected chi connectivity index (χ2v) is 9.59.